The van der Waals surface area contributed by atoms with E-state index in [4.69, 9.17) is 10.7 Å². The van der Waals surface area contributed by atoms with Gasteiger partial charge in [0.2, 0.25) is 0 Å². The summed E-state index contributed by atoms with van der Waals surface area (Å²) >= 11 is 0. The molecule has 0 spiro atoms. The number of aryl methyl sites for hydroxylation is 2. The van der Waals surface area contributed by atoms with E-state index in [-0.39, 0.29) is 0 Å². The maximum atomic E-state index is 6.36. The van der Waals surface area contributed by atoms with Crippen LogP contribution in [-0.2, 0) is 0 Å². The second kappa shape index (κ2) is 4.53. The van der Waals surface area contributed by atoms with Crippen molar-refractivity contribution in [1.82, 2.24) is 19.7 Å². The van der Waals surface area contributed by atoms with E-state index in [2.05, 4.69) is 10.1 Å². The van der Waals surface area contributed by atoms with Gasteiger partial charge in [-0.05, 0) is 31.5 Å². The Labute approximate surface area is 127 Å². The molecule has 3 heterocycles. The van der Waals surface area contributed by atoms with Crippen LogP contribution < -0.4 is 5.73 Å². The third kappa shape index (κ3) is 1.75. The van der Waals surface area contributed by atoms with E-state index in [0.717, 1.165) is 44.7 Å². The van der Waals surface area contributed by atoms with Crippen LogP contribution >= 0.6 is 0 Å². The summed E-state index contributed by atoms with van der Waals surface area (Å²) in [7, 11) is 0. The Morgan fingerprint density at radius 3 is 2.64 bits per heavy atom. The lowest BCUT2D eigenvalue weighted by atomic mass is 10.1. The number of hydrogen-bond donors (Lipinski definition) is 1. The number of nitrogen functional groups attached to an aromatic ring is 1. The highest BCUT2D eigenvalue weighted by atomic mass is 15.3. The van der Waals surface area contributed by atoms with E-state index in [0.29, 0.717) is 0 Å². The molecule has 0 bridgehead atoms. The van der Waals surface area contributed by atoms with Gasteiger partial charge in [-0.15, -0.1) is 0 Å². The summed E-state index contributed by atoms with van der Waals surface area (Å²) in [6, 6.07) is 11.8. The van der Waals surface area contributed by atoms with Crippen LogP contribution in [0.25, 0.3) is 27.8 Å². The van der Waals surface area contributed by atoms with Crippen molar-refractivity contribution in [3.63, 3.8) is 0 Å². The number of hydrogen-bond acceptors (Lipinski definition) is 4. The van der Waals surface area contributed by atoms with E-state index in [1.54, 1.807) is 4.68 Å². The molecule has 0 fully saturated rings. The molecular weight excluding hydrogens is 274 g/mol. The van der Waals surface area contributed by atoms with Gasteiger partial charge in [0.05, 0.1) is 22.3 Å². The Morgan fingerprint density at radius 2 is 1.86 bits per heavy atom. The molecule has 0 aliphatic rings. The lowest BCUT2D eigenvalue weighted by Crippen LogP contribution is -2.01. The maximum Gasteiger partial charge on any atom is 0.167 e. The number of anilines is 1. The molecule has 5 nitrogen and oxygen atoms in total. The third-order valence-electron chi connectivity index (χ3n) is 3.84. The fourth-order valence-corrected chi connectivity index (χ4v) is 2.73. The van der Waals surface area contributed by atoms with Crippen molar-refractivity contribution in [2.45, 2.75) is 13.8 Å². The molecule has 22 heavy (non-hydrogen) atoms. The molecule has 0 atom stereocenters. The molecule has 2 N–H and O–H groups in total. The van der Waals surface area contributed by atoms with E-state index < -0.39 is 0 Å². The van der Waals surface area contributed by atoms with Crippen LogP contribution in [0.4, 0.5) is 5.69 Å². The van der Waals surface area contributed by atoms with Crippen molar-refractivity contribution in [1.29, 1.82) is 0 Å². The Hall–Kier alpha value is -2.95. The molecule has 0 radical (unpaired) electrons. The predicted octanol–water partition coefficient (Wildman–Crippen LogP) is 3.17. The molecule has 4 rings (SSSR count). The topological polar surface area (TPSA) is 69.6 Å². The first-order valence-electron chi connectivity index (χ1n) is 7.12. The lowest BCUT2D eigenvalue weighted by molar-refractivity contribution is 0.847. The summed E-state index contributed by atoms with van der Waals surface area (Å²) in [5, 5.41) is 6.43. The zero-order valence-electron chi connectivity index (χ0n) is 12.4. The molecule has 0 aliphatic heterocycles. The molecule has 1 aromatic carbocycles. The SMILES string of the molecule is Cc1ccc(-n2nc(C)c3c(N)c4ccccc4nc32)nc1. The zero-order valence-corrected chi connectivity index (χ0v) is 12.4. The van der Waals surface area contributed by atoms with Gasteiger partial charge in [0.25, 0.3) is 0 Å². The zero-order chi connectivity index (χ0) is 15.3. The number of benzene rings is 1. The number of fused-ring (bicyclic) bond motifs is 2. The monoisotopic (exact) mass is 289 g/mol. The second-order valence-electron chi connectivity index (χ2n) is 5.43. The average Bonchev–Trinajstić information content (AvgIpc) is 2.85. The molecule has 108 valence electrons. The summed E-state index contributed by atoms with van der Waals surface area (Å²) < 4.78 is 1.76. The fourth-order valence-electron chi connectivity index (χ4n) is 2.73. The molecule has 3 aromatic heterocycles. The van der Waals surface area contributed by atoms with Crippen LogP contribution in [0.5, 0.6) is 0 Å². The molecule has 5 heteroatoms. The Morgan fingerprint density at radius 1 is 1.05 bits per heavy atom. The van der Waals surface area contributed by atoms with Crippen molar-refractivity contribution < 1.29 is 0 Å². The first-order chi connectivity index (χ1) is 10.6. The van der Waals surface area contributed by atoms with Crippen molar-refractivity contribution >= 4 is 27.6 Å². The summed E-state index contributed by atoms with van der Waals surface area (Å²) in [5.41, 5.74) is 10.6. The predicted molar refractivity (Wildman–Crippen MR) is 88.1 cm³/mol. The van der Waals surface area contributed by atoms with Gasteiger partial charge in [-0.3, -0.25) is 0 Å². The van der Waals surface area contributed by atoms with Crippen LogP contribution in [-0.4, -0.2) is 19.7 Å². The van der Waals surface area contributed by atoms with Crippen molar-refractivity contribution in [3.8, 4) is 5.82 Å². The minimum atomic E-state index is 0.719. The summed E-state index contributed by atoms with van der Waals surface area (Å²) in [6.07, 6.45) is 1.82. The van der Waals surface area contributed by atoms with Crippen molar-refractivity contribution in [3.05, 3.63) is 53.9 Å². The van der Waals surface area contributed by atoms with Gasteiger partial charge in [-0.1, -0.05) is 24.3 Å². The van der Waals surface area contributed by atoms with Gasteiger partial charge in [-0.2, -0.15) is 9.78 Å². The molecule has 0 saturated heterocycles. The number of pyridine rings is 2. The van der Waals surface area contributed by atoms with Crippen molar-refractivity contribution in [2.24, 2.45) is 0 Å². The summed E-state index contributed by atoms with van der Waals surface area (Å²) in [4.78, 5) is 9.18. The maximum absolute atomic E-state index is 6.36. The second-order valence-corrected chi connectivity index (χ2v) is 5.43. The van der Waals surface area contributed by atoms with Crippen LogP contribution in [0.2, 0.25) is 0 Å². The smallest absolute Gasteiger partial charge is 0.167 e. The van der Waals surface area contributed by atoms with Crippen molar-refractivity contribution in [2.75, 3.05) is 5.73 Å². The van der Waals surface area contributed by atoms with Crippen LogP contribution in [0.15, 0.2) is 42.6 Å². The van der Waals surface area contributed by atoms with Crippen LogP contribution in [0.3, 0.4) is 0 Å². The number of aromatic nitrogens is 4. The number of para-hydroxylation sites is 1. The highest BCUT2D eigenvalue weighted by Gasteiger charge is 2.16. The first kappa shape index (κ1) is 12.8. The summed E-state index contributed by atoms with van der Waals surface area (Å²) in [6.45, 7) is 3.95. The van der Waals surface area contributed by atoms with E-state index in [1.165, 1.54) is 0 Å². The fraction of sp³-hybridized carbons (Fsp3) is 0.118. The average molecular weight is 289 g/mol. The first-order valence-corrected chi connectivity index (χ1v) is 7.12. The lowest BCUT2D eigenvalue weighted by Gasteiger charge is -2.05. The highest BCUT2D eigenvalue weighted by Crippen LogP contribution is 2.31. The largest absolute Gasteiger partial charge is 0.398 e. The van der Waals surface area contributed by atoms with Gasteiger partial charge in [0.1, 0.15) is 0 Å². The standard InChI is InChI=1S/C17H15N5/c1-10-7-8-14(19-9-10)22-17-15(11(2)21-22)16(18)12-5-3-4-6-13(12)20-17/h3-9H,1-2H3,(H2,18,20). The molecule has 0 unspecified atom stereocenters. The number of rotatable bonds is 1. The van der Waals surface area contributed by atoms with Gasteiger partial charge in [0.15, 0.2) is 11.5 Å². The minimum Gasteiger partial charge on any atom is -0.398 e. The van der Waals surface area contributed by atoms with E-state index >= 15 is 0 Å². The Balaban J connectivity index is 2.11. The molecule has 0 saturated carbocycles. The van der Waals surface area contributed by atoms with Gasteiger partial charge in [0, 0.05) is 11.6 Å². The van der Waals surface area contributed by atoms with E-state index in [9.17, 15) is 0 Å². The molecule has 4 aromatic rings. The Kier molecular flexibility index (Phi) is 2.63. The number of nitrogens with zero attached hydrogens (tertiary/aromatic N) is 4. The molecule has 0 amide bonds. The van der Waals surface area contributed by atoms with Gasteiger partial charge < -0.3 is 5.73 Å². The Bertz CT molecular complexity index is 999. The highest BCUT2D eigenvalue weighted by molar-refractivity contribution is 6.06. The van der Waals surface area contributed by atoms with Gasteiger partial charge in [-0.25, -0.2) is 9.97 Å². The number of nitrogens with two attached hydrogens (primary N) is 1. The van der Waals surface area contributed by atoms with Gasteiger partial charge >= 0.3 is 0 Å². The van der Waals surface area contributed by atoms with Crippen LogP contribution in [0.1, 0.15) is 11.3 Å². The third-order valence-corrected chi connectivity index (χ3v) is 3.84. The quantitative estimate of drug-likeness (QED) is 0.584. The van der Waals surface area contributed by atoms with Crippen LogP contribution in [0, 0.1) is 13.8 Å². The molecular formula is C17H15N5. The van der Waals surface area contributed by atoms with E-state index in [1.807, 2.05) is 56.4 Å². The summed E-state index contributed by atoms with van der Waals surface area (Å²) in [5.74, 6) is 0.742. The normalized spacial score (nSPS) is 11.4. The molecule has 0 aliphatic carbocycles. The minimum absolute atomic E-state index is 0.719.